The van der Waals surface area contributed by atoms with Crippen molar-refractivity contribution in [1.82, 2.24) is 5.32 Å². The first kappa shape index (κ1) is 14.9. The highest BCUT2D eigenvalue weighted by atomic mass is 16.2. The van der Waals surface area contributed by atoms with Gasteiger partial charge in [0, 0.05) is 29.6 Å². The first-order valence-corrected chi connectivity index (χ1v) is 8.47. The van der Waals surface area contributed by atoms with Gasteiger partial charge in [0.2, 0.25) is 5.91 Å². The molecule has 2 amide bonds. The third-order valence-electron chi connectivity index (χ3n) is 4.78. The number of fused-ring (bicyclic) bond motifs is 1. The molecule has 0 bridgehead atoms. The van der Waals surface area contributed by atoms with E-state index < -0.39 is 0 Å². The third kappa shape index (κ3) is 3.04. The van der Waals surface area contributed by atoms with Gasteiger partial charge in [0.05, 0.1) is 0 Å². The molecule has 0 spiro atoms. The van der Waals surface area contributed by atoms with Gasteiger partial charge in [0.1, 0.15) is 0 Å². The topological polar surface area (TPSA) is 58.2 Å². The van der Waals surface area contributed by atoms with Crippen LogP contribution in [0.15, 0.2) is 48.5 Å². The normalized spacial score (nSPS) is 19.3. The molecule has 2 aromatic rings. The van der Waals surface area contributed by atoms with E-state index >= 15 is 0 Å². The summed E-state index contributed by atoms with van der Waals surface area (Å²) in [4.78, 5) is 23.9. The van der Waals surface area contributed by atoms with Gasteiger partial charge < -0.3 is 10.6 Å². The van der Waals surface area contributed by atoms with Crippen LogP contribution in [0, 0.1) is 5.92 Å². The van der Waals surface area contributed by atoms with Crippen molar-refractivity contribution in [2.75, 3.05) is 11.9 Å². The van der Waals surface area contributed by atoms with Crippen LogP contribution < -0.4 is 10.6 Å². The lowest BCUT2D eigenvalue weighted by atomic mass is 9.86. The van der Waals surface area contributed by atoms with E-state index in [0.717, 1.165) is 36.1 Å². The molecule has 1 aliphatic heterocycles. The molecule has 0 radical (unpaired) electrons. The van der Waals surface area contributed by atoms with Gasteiger partial charge in [-0.15, -0.1) is 0 Å². The second kappa shape index (κ2) is 6.11. The molecule has 122 valence electrons. The lowest BCUT2D eigenvalue weighted by Crippen LogP contribution is -2.35. The van der Waals surface area contributed by atoms with Gasteiger partial charge in [-0.25, -0.2) is 0 Å². The molecule has 4 rings (SSSR count). The SMILES string of the molecule is O=C1NCC(Cc2cccc(NC(=O)C3CC3)c2)c2ccccc21. The minimum Gasteiger partial charge on any atom is -0.351 e. The molecule has 24 heavy (non-hydrogen) atoms. The van der Waals surface area contributed by atoms with Gasteiger partial charge >= 0.3 is 0 Å². The molecule has 4 nitrogen and oxygen atoms in total. The van der Waals surface area contributed by atoms with Crippen LogP contribution >= 0.6 is 0 Å². The quantitative estimate of drug-likeness (QED) is 0.909. The summed E-state index contributed by atoms with van der Waals surface area (Å²) in [6, 6.07) is 15.8. The maximum Gasteiger partial charge on any atom is 0.251 e. The second-order valence-electron chi connectivity index (χ2n) is 6.66. The molecule has 2 N–H and O–H groups in total. The highest BCUT2D eigenvalue weighted by Gasteiger charge is 2.29. The van der Waals surface area contributed by atoms with Crippen LogP contribution in [0.1, 0.15) is 40.2 Å². The maximum atomic E-state index is 12.0. The van der Waals surface area contributed by atoms with Crippen molar-refractivity contribution in [1.29, 1.82) is 0 Å². The van der Waals surface area contributed by atoms with Crippen LogP contribution in [0.25, 0.3) is 0 Å². The monoisotopic (exact) mass is 320 g/mol. The third-order valence-corrected chi connectivity index (χ3v) is 4.78. The summed E-state index contributed by atoms with van der Waals surface area (Å²) in [6.45, 7) is 0.647. The Kier molecular flexibility index (Phi) is 3.81. The van der Waals surface area contributed by atoms with Crippen LogP contribution in [0.3, 0.4) is 0 Å². The molecule has 0 aromatic heterocycles. The van der Waals surface area contributed by atoms with Crippen LogP contribution in [0.4, 0.5) is 5.69 Å². The van der Waals surface area contributed by atoms with Gasteiger partial charge in [0.25, 0.3) is 5.91 Å². The molecule has 1 saturated carbocycles. The molecule has 2 aromatic carbocycles. The summed E-state index contributed by atoms with van der Waals surface area (Å²) >= 11 is 0. The van der Waals surface area contributed by atoms with Crippen LogP contribution in [0.5, 0.6) is 0 Å². The molecule has 4 heteroatoms. The Morgan fingerprint density at radius 1 is 1.12 bits per heavy atom. The zero-order valence-electron chi connectivity index (χ0n) is 13.4. The van der Waals surface area contributed by atoms with Gasteiger partial charge in [-0.3, -0.25) is 9.59 Å². The van der Waals surface area contributed by atoms with Gasteiger partial charge in [-0.2, -0.15) is 0 Å². The molecule has 1 heterocycles. The van der Waals surface area contributed by atoms with E-state index in [2.05, 4.69) is 16.7 Å². The highest BCUT2D eigenvalue weighted by Crippen LogP contribution is 2.31. The zero-order valence-corrected chi connectivity index (χ0v) is 13.4. The lowest BCUT2D eigenvalue weighted by molar-refractivity contribution is -0.117. The van der Waals surface area contributed by atoms with Gasteiger partial charge in [-0.05, 0) is 48.6 Å². The van der Waals surface area contributed by atoms with E-state index in [-0.39, 0.29) is 23.7 Å². The van der Waals surface area contributed by atoms with Gasteiger partial charge in [0.15, 0.2) is 0 Å². The summed E-state index contributed by atoms with van der Waals surface area (Å²) in [5, 5.41) is 5.97. The number of carbonyl (C=O) groups is 2. The minimum absolute atomic E-state index is 0.00676. The molecule has 1 atom stereocenters. The van der Waals surface area contributed by atoms with Crippen molar-refractivity contribution in [2.24, 2.45) is 5.92 Å². The Morgan fingerprint density at radius 2 is 1.96 bits per heavy atom. The van der Waals surface area contributed by atoms with Crippen molar-refractivity contribution in [3.63, 3.8) is 0 Å². The van der Waals surface area contributed by atoms with Crippen molar-refractivity contribution >= 4 is 17.5 Å². The summed E-state index contributed by atoms with van der Waals surface area (Å²) < 4.78 is 0. The average Bonchev–Trinajstić information content (AvgIpc) is 3.43. The summed E-state index contributed by atoms with van der Waals surface area (Å²) in [5.41, 5.74) is 3.90. The summed E-state index contributed by atoms with van der Waals surface area (Å²) in [5.74, 6) is 0.595. The molecular formula is C20H20N2O2. The summed E-state index contributed by atoms with van der Waals surface area (Å²) in [6.07, 6.45) is 2.85. The molecule has 1 unspecified atom stereocenters. The van der Waals surface area contributed by atoms with Crippen molar-refractivity contribution < 1.29 is 9.59 Å². The smallest absolute Gasteiger partial charge is 0.251 e. The average molecular weight is 320 g/mol. The molecule has 2 aliphatic rings. The van der Waals surface area contributed by atoms with E-state index in [1.54, 1.807) is 0 Å². The first-order chi connectivity index (χ1) is 11.7. The number of anilines is 1. The fourth-order valence-electron chi connectivity index (χ4n) is 3.31. The van der Waals surface area contributed by atoms with Crippen molar-refractivity contribution in [3.05, 3.63) is 65.2 Å². The van der Waals surface area contributed by atoms with Gasteiger partial charge in [-0.1, -0.05) is 30.3 Å². The molecule has 0 saturated heterocycles. The molecule has 1 fully saturated rings. The minimum atomic E-state index is 0.00676. The Balaban J connectivity index is 1.52. The van der Waals surface area contributed by atoms with E-state index in [4.69, 9.17) is 0 Å². The van der Waals surface area contributed by atoms with E-state index in [9.17, 15) is 9.59 Å². The second-order valence-corrected chi connectivity index (χ2v) is 6.66. The van der Waals surface area contributed by atoms with Crippen molar-refractivity contribution in [3.8, 4) is 0 Å². The zero-order chi connectivity index (χ0) is 16.5. The van der Waals surface area contributed by atoms with E-state index in [0.29, 0.717) is 6.54 Å². The number of hydrogen-bond acceptors (Lipinski definition) is 2. The Bertz CT molecular complexity index is 796. The first-order valence-electron chi connectivity index (χ1n) is 8.47. The van der Waals surface area contributed by atoms with Crippen molar-refractivity contribution in [2.45, 2.75) is 25.2 Å². The molecular weight excluding hydrogens is 300 g/mol. The number of amides is 2. The predicted octanol–water partition coefficient (Wildman–Crippen LogP) is 3.10. The number of nitrogens with one attached hydrogen (secondary N) is 2. The lowest BCUT2D eigenvalue weighted by Gasteiger charge is -2.26. The Hall–Kier alpha value is -2.62. The number of hydrogen-bond donors (Lipinski definition) is 2. The van der Waals surface area contributed by atoms with E-state index in [1.807, 2.05) is 42.5 Å². The number of carbonyl (C=O) groups excluding carboxylic acids is 2. The van der Waals surface area contributed by atoms with Crippen LogP contribution in [-0.4, -0.2) is 18.4 Å². The van der Waals surface area contributed by atoms with Crippen LogP contribution in [0.2, 0.25) is 0 Å². The largest absolute Gasteiger partial charge is 0.351 e. The fourth-order valence-corrected chi connectivity index (χ4v) is 3.31. The fraction of sp³-hybridized carbons (Fsp3) is 0.300. The summed E-state index contributed by atoms with van der Waals surface area (Å²) in [7, 11) is 0. The standard InChI is InChI=1S/C20H20N2O2/c23-19(14-8-9-14)22-16-5-3-4-13(11-16)10-15-12-21-20(24)18-7-2-1-6-17(15)18/h1-7,11,14-15H,8-10,12H2,(H,21,24)(H,22,23). The Labute approximate surface area is 141 Å². The maximum absolute atomic E-state index is 12.0. The number of rotatable bonds is 4. The number of benzene rings is 2. The predicted molar refractivity (Wildman–Crippen MR) is 93.0 cm³/mol. The molecule has 1 aliphatic carbocycles. The van der Waals surface area contributed by atoms with Crippen LogP contribution in [-0.2, 0) is 11.2 Å². The Morgan fingerprint density at radius 3 is 2.79 bits per heavy atom. The van der Waals surface area contributed by atoms with E-state index in [1.165, 1.54) is 5.56 Å². The highest BCUT2D eigenvalue weighted by molar-refractivity contribution is 5.97.